The molecule has 0 aromatic rings. The third-order valence-electron chi connectivity index (χ3n) is 1.74. The van der Waals surface area contributed by atoms with E-state index in [1.54, 1.807) is 0 Å². The van der Waals surface area contributed by atoms with E-state index in [0.717, 1.165) is 37.6 Å². The van der Waals surface area contributed by atoms with Crippen LogP contribution in [0.5, 0.6) is 0 Å². The predicted octanol–water partition coefficient (Wildman–Crippen LogP) is 0.275. The normalized spacial score (nSPS) is 23.4. The van der Waals surface area contributed by atoms with E-state index in [9.17, 15) is 4.55 Å². The Balaban J connectivity index is 2.13. The van der Waals surface area contributed by atoms with Crippen molar-refractivity contribution in [1.82, 2.24) is 4.90 Å². The molecule has 1 aliphatic heterocycles. The van der Waals surface area contributed by atoms with Crippen molar-refractivity contribution in [2.45, 2.75) is 6.42 Å². The molecule has 10 heavy (non-hydrogen) atoms. The lowest BCUT2D eigenvalue weighted by molar-refractivity contribution is 0.301. The van der Waals surface area contributed by atoms with Crippen LogP contribution < -0.4 is 0 Å². The van der Waals surface area contributed by atoms with Gasteiger partial charge in [0.25, 0.3) is 0 Å². The average Bonchev–Trinajstić information content (AvgIpc) is 1.95. The summed E-state index contributed by atoms with van der Waals surface area (Å²) in [6.07, 6.45) is 0.965. The Morgan fingerprint density at radius 1 is 1.40 bits per heavy atom. The molecule has 1 radical (unpaired) electrons. The lowest BCUT2D eigenvalue weighted by Crippen LogP contribution is -2.40. The van der Waals surface area contributed by atoms with Crippen molar-refractivity contribution in [3.8, 4) is 0 Å². The predicted molar refractivity (Wildman–Crippen MR) is 44.3 cm³/mol. The van der Waals surface area contributed by atoms with Gasteiger partial charge in [0.2, 0.25) is 0 Å². The molecule has 0 bridgehead atoms. The minimum atomic E-state index is -0.527. The number of nitrogens with zero attached hydrogens (tertiary/aromatic N) is 1. The third kappa shape index (κ3) is 2.48. The van der Waals surface area contributed by atoms with Gasteiger partial charge >= 0.3 is 0 Å². The average molecular weight is 160 g/mol. The summed E-state index contributed by atoms with van der Waals surface area (Å²) >= 11 is -0.527. The van der Waals surface area contributed by atoms with Gasteiger partial charge in [-0.15, -0.1) is 0 Å². The smallest absolute Gasteiger partial charge is 0.118 e. The maximum atomic E-state index is 10.9. The first-order chi connectivity index (χ1) is 4.83. The fraction of sp³-hybridized carbons (Fsp3) is 0.857. The van der Waals surface area contributed by atoms with Crippen LogP contribution in [0.3, 0.4) is 0 Å². The summed E-state index contributed by atoms with van der Waals surface area (Å²) < 4.78 is 10.9. The van der Waals surface area contributed by atoms with E-state index in [0.29, 0.717) is 0 Å². The van der Waals surface area contributed by atoms with Gasteiger partial charge in [0.05, 0.1) is 0 Å². The van der Waals surface area contributed by atoms with Gasteiger partial charge in [0.15, 0.2) is 0 Å². The van der Waals surface area contributed by atoms with Gasteiger partial charge in [-0.1, -0.05) is 18.1 Å². The Labute approximate surface area is 65.8 Å². The molecule has 0 aliphatic carbocycles. The molecule has 0 aromatic carbocycles. The zero-order chi connectivity index (χ0) is 7.40. The summed E-state index contributed by atoms with van der Waals surface area (Å²) in [6.45, 7) is 6.85. The van der Waals surface area contributed by atoms with E-state index < -0.39 is 11.2 Å². The Kier molecular flexibility index (Phi) is 3.52. The summed E-state index contributed by atoms with van der Waals surface area (Å²) in [7, 11) is 0. The molecule has 0 aromatic heterocycles. The summed E-state index contributed by atoms with van der Waals surface area (Å²) in [6, 6.07) is 0. The van der Waals surface area contributed by atoms with Gasteiger partial charge in [-0.2, -0.15) is 0 Å². The van der Waals surface area contributed by atoms with Gasteiger partial charge in [-0.05, 0) is 13.0 Å². The van der Waals surface area contributed by atoms with Gasteiger partial charge in [0, 0.05) is 13.1 Å². The van der Waals surface area contributed by atoms with Crippen molar-refractivity contribution >= 4 is 11.2 Å². The molecular weight excluding hydrogens is 146 g/mol. The van der Waals surface area contributed by atoms with Crippen LogP contribution in [0.15, 0.2) is 0 Å². The molecule has 0 N–H and O–H groups in total. The van der Waals surface area contributed by atoms with Crippen molar-refractivity contribution in [1.29, 1.82) is 0 Å². The molecule has 0 unspecified atom stereocenters. The van der Waals surface area contributed by atoms with E-state index in [2.05, 4.69) is 11.8 Å². The molecule has 1 aliphatic rings. The second kappa shape index (κ2) is 4.21. The zero-order valence-corrected chi connectivity index (χ0v) is 7.03. The van der Waals surface area contributed by atoms with Gasteiger partial charge in [-0.25, -0.2) is 0 Å². The van der Waals surface area contributed by atoms with E-state index in [1.165, 1.54) is 0 Å². The van der Waals surface area contributed by atoms with E-state index in [4.69, 9.17) is 0 Å². The number of hydrogen-bond donors (Lipinski definition) is 0. The first-order valence-corrected chi connectivity index (χ1v) is 5.18. The van der Waals surface area contributed by atoms with E-state index in [1.807, 2.05) is 0 Å². The second-order valence-electron chi connectivity index (χ2n) is 2.54. The fourth-order valence-electron chi connectivity index (χ4n) is 1.12. The van der Waals surface area contributed by atoms with Gasteiger partial charge in [0.1, 0.15) is 11.5 Å². The summed E-state index contributed by atoms with van der Waals surface area (Å²) in [5.74, 6) is 1.72. The van der Waals surface area contributed by atoms with Crippen LogP contribution in [0.4, 0.5) is 0 Å². The van der Waals surface area contributed by atoms with Gasteiger partial charge < -0.3 is 4.55 Å². The van der Waals surface area contributed by atoms with Crippen LogP contribution in [-0.4, -0.2) is 40.6 Å². The summed E-state index contributed by atoms with van der Waals surface area (Å²) in [5, 5.41) is 0. The van der Waals surface area contributed by atoms with E-state index >= 15 is 0 Å². The van der Waals surface area contributed by atoms with Gasteiger partial charge in [-0.3, -0.25) is 4.90 Å². The van der Waals surface area contributed by atoms with Crippen molar-refractivity contribution in [3.05, 3.63) is 6.92 Å². The molecule has 0 amide bonds. The summed E-state index contributed by atoms with van der Waals surface area (Å²) in [5.41, 5.74) is 0. The Hall–Kier alpha value is 0.270. The molecule has 0 atom stereocenters. The van der Waals surface area contributed by atoms with Crippen LogP contribution >= 0.6 is 0 Å². The first-order valence-electron chi connectivity index (χ1n) is 3.69. The first kappa shape index (κ1) is 8.37. The molecule has 59 valence electrons. The molecule has 2 nitrogen and oxygen atoms in total. The van der Waals surface area contributed by atoms with E-state index in [-0.39, 0.29) is 0 Å². The molecule has 1 heterocycles. The van der Waals surface area contributed by atoms with Crippen LogP contribution in [0.25, 0.3) is 0 Å². The highest BCUT2D eigenvalue weighted by molar-refractivity contribution is 7.91. The lowest BCUT2D eigenvalue weighted by atomic mass is 10.4. The highest BCUT2D eigenvalue weighted by Crippen LogP contribution is 2.03. The van der Waals surface area contributed by atoms with Crippen LogP contribution in [0.1, 0.15) is 6.42 Å². The molecule has 1 rings (SSSR count). The van der Waals surface area contributed by atoms with Crippen LogP contribution in [0.2, 0.25) is 0 Å². The molecule has 3 heteroatoms. The maximum Gasteiger partial charge on any atom is 0.118 e. The Morgan fingerprint density at radius 3 is 2.50 bits per heavy atom. The lowest BCUT2D eigenvalue weighted by Gasteiger charge is -2.27. The highest BCUT2D eigenvalue weighted by atomic mass is 32.2. The Bertz CT molecular complexity index is 91.6. The molecule has 0 saturated carbocycles. The van der Waals surface area contributed by atoms with Crippen LogP contribution in [0, 0.1) is 6.92 Å². The number of hydrogen-bond acceptors (Lipinski definition) is 2. The largest absolute Gasteiger partial charge is 0.616 e. The SMILES string of the molecule is [CH2]CCN1CC[S+]([O-])CC1. The highest BCUT2D eigenvalue weighted by Gasteiger charge is 2.17. The number of rotatable bonds is 2. The standard InChI is InChI=1S/C7H14NOS/c1-2-3-8-4-6-10(9)7-5-8/h1-7H2. The van der Waals surface area contributed by atoms with Crippen LogP contribution in [-0.2, 0) is 11.2 Å². The van der Waals surface area contributed by atoms with Crippen molar-refractivity contribution in [2.75, 3.05) is 31.1 Å². The quantitative estimate of drug-likeness (QED) is 0.542. The third-order valence-corrected chi connectivity index (χ3v) is 3.02. The molecule has 0 spiro atoms. The van der Waals surface area contributed by atoms with Crippen molar-refractivity contribution in [2.24, 2.45) is 0 Å². The summed E-state index contributed by atoms with van der Waals surface area (Å²) in [4.78, 5) is 2.33. The zero-order valence-electron chi connectivity index (χ0n) is 6.21. The minimum Gasteiger partial charge on any atom is -0.616 e. The monoisotopic (exact) mass is 160 g/mol. The fourth-order valence-corrected chi connectivity index (χ4v) is 2.25. The topological polar surface area (TPSA) is 26.3 Å². The second-order valence-corrected chi connectivity index (χ2v) is 4.24. The maximum absolute atomic E-state index is 10.9. The molecule has 1 fully saturated rings. The van der Waals surface area contributed by atoms with Crippen molar-refractivity contribution < 1.29 is 4.55 Å². The van der Waals surface area contributed by atoms with Crippen molar-refractivity contribution in [3.63, 3.8) is 0 Å². The minimum absolute atomic E-state index is 0.527. The molecular formula is C7H14NOS. The molecule has 1 saturated heterocycles. The Morgan fingerprint density at radius 2 is 2.00 bits per heavy atom.